The largest absolute Gasteiger partial charge is 0.504 e. The molecule has 0 saturated heterocycles. The van der Waals surface area contributed by atoms with Gasteiger partial charge in [-0.3, -0.25) is 9.36 Å². The van der Waals surface area contributed by atoms with Gasteiger partial charge in [0.25, 0.3) is 5.56 Å². The van der Waals surface area contributed by atoms with Crippen LogP contribution in [0.15, 0.2) is 46.8 Å². The van der Waals surface area contributed by atoms with Crippen molar-refractivity contribution in [2.45, 2.75) is 5.92 Å². The molecule has 0 radical (unpaired) electrons. The molecule has 0 amide bonds. The van der Waals surface area contributed by atoms with Crippen LogP contribution in [0.3, 0.4) is 0 Å². The third kappa shape index (κ3) is 3.52. The minimum atomic E-state index is -0.843. The molecule has 1 unspecified atom stereocenters. The molecule has 3 aromatic rings. The standard InChI is InChI=1S/C24H18N4O5S/c1-32-18-7-12(3-5-16(18)29)8-20-23(31)28-22(27)14(10-25)21(15(11-26)24(28)34-20)13-4-6-17(30)19(9-13)33-2/h3-9,21,29-30H,27H2,1-2H3/b20-8-. The van der Waals surface area contributed by atoms with Crippen molar-refractivity contribution in [1.29, 1.82) is 10.5 Å². The zero-order valence-electron chi connectivity index (χ0n) is 18.1. The Morgan fingerprint density at radius 1 is 1.03 bits per heavy atom. The summed E-state index contributed by atoms with van der Waals surface area (Å²) in [5.74, 6) is -0.630. The highest BCUT2D eigenvalue weighted by Crippen LogP contribution is 2.39. The Labute approximate surface area is 197 Å². The molecule has 0 spiro atoms. The first-order valence-corrected chi connectivity index (χ1v) is 10.7. The molecule has 1 atom stereocenters. The van der Waals surface area contributed by atoms with Crippen LogP contribution in [-0.2, 0) is 0 Å². The van der Waals surface area contributed by atoms with Gasteiger partial charge in [0.1, 0.15) is 10.5 Å². The first-order chi connectivity index (χ1) is 16.3. The van der Waals surface area contributed by atoms with Gasteiger partial charge in [-0.05, 0) is 41.5 Å². The van der Waals surface area contributed by atoms with Gasteiger partial charge < -0.3 is 25.4 Å². The molecular formula is C24H18N4O5S. The molecule has 1 aromatic heterocycles. The van der Waals surface area contributed by atoms with Gasteiger partial charge in [0.15, 0.2) is 23.0 Å². The number of nitrogens with zero attached hydrogens (tertiary/aromatic N) is 3. The van der Waals surface area contributed by atoms with E-state index in [0.29, 0.717) is 15.8 Å². The van der Waals surface area contributed by atoms with Gasteiger partial charge in [0.2, 0.25) is 0 Å². The maximum Gasteiger partial charge on any atom is 0.274 e. The highest BCUT2D eigenvalue weighted by atomic mass is 32.1. The minimum Gasteiger partial charge on any atom is -0.504 e. The molecule has 1 aliphatic heterocycles. The van der Waals surface area contributed by atoms with E-state index >= 15 is 0 Å². The fourth-order valence-electron chi connectivity index (χ4n) is 3.79. The van der Waals surface area contributed by atoms with Crippen LogP contribution in [0.2, 0.25) is 0 Å². The Hall–Kier alpha value is -4.67. The van der Waals surface area contributed by atoms with E-state index in [1.54, 1.807) is 24.3 Å². The summed E-state index contributed by atoms with van der Waals surface area (Å²) in [5.41, 5.74) is 7.10. The zero-order valence-corrected chi connectivity index (χ0v) is 18.9. The summed E-state index contributed by atoms with van der Waals surface area (Å²) >= 11 is 1.06. The van der Waals surface area contributed by atoms with E-state index in [2.05, 4.69) is 6.07 Å². The van der Waals surface area contributed by atoms with E-state index in [0.717, 1.165) is 11.3 Å². The van der Waals surface area contributed by atoms with Crippen molar-refractivity contribution >= 4 is 28.8 Å². The predicted octanol–water partition coefficient (Wildman–Crippen LogP) is 1.29. The van der Waals surface area contributed by atoms with Gasteiger partial charge in [-0.2, -0.15) is 10.5 Å². The number of nitriles is 2. The lowest BCUT2D eigenvalue weighted by molar-refractivity contribution is 0.373. The average Bonchev–Trinajstić information content (AvgIpc) is 3.16. The first kappa shape index (κ1) is 22.5. The van der Waals surface area contributed by atoms with E-state index < -0.39 is 11.5 Å². The molecule has 2 heterocycles. The number of fused-ring (bicyclic) bond motifs is 1. The van der Waals surface area contributed by atoms with Crippen LogP contribution in [0.5, 0.6) is 23.0 Å². The van der Waals surface area contributed by atoms with E-state index in [9.17, 15) is 25.5 Å². The highest BCUT2D eigenvalue weighted by molar-refractivity contribution is 7.07. The van der Waals surface area contributed by atoms with Gasteiger partial charge in [0.05, 0.1) is 48.0 Å². The summed E-state index contributed by atoms with van der Waals surface area (Å²) in [4.78, 5) is 13.2. The number of hydrogen-bond acceptors (Lipinski definition) is 9. The summed E-state index contributed by atoms with van der Waals surface area (Å²) < 4.78 is 12.0. The zero-order chi connectivity index (χ0) is 24.6. The third-order valence-electron chi connectivity index (χ3n) is 5.43. The maximum absolute atomic E-state index is 13.2. The Bertz CT molecular complexity index is 1620. The first-order valence-electron chi connectivity index (χ1n) is 9.86. The molecule has 9 nitrogen and oxygen atoms in total. The van der Waals surface area contributed by atoms with Crippen molar-refractivity contribution in [3.05, 3.63) is 72.6 Å². The number of hydrogen-bond donors (Lipinski definition) is 3. The average molecular weight is 474 g/mol. The molecular weight excluding hydrogens is 456 g/mol. The fraction of sp³-hybridized carbons (Fsp3) is 0.125. The molecule has 2 aromatic carbocycles. The number of rotatable bonds is 4. The van der Waals surface area contributed by atoms with Crippen molar-refractivity contribution in [1.82, 2.24) is 4.57 Å². The predicted molar refractivity (Wildman–Crippen MR) is 125 cm³/mol. The van der Waals surface area contributed by atoms with Crippen LogP contribution in [0.4, 0.5) is 0 Å². The van der Waals surface area contributed by atoms with E-state index in [1.165, 1.54) is 37.0 Å². The van der Waals surface area contributed by atoms with Crippen LogP contribution >= 0.6 is 11.3 Å². The summed E-state index contributed by atoms with van der Waals surface area (Å²) in [6.45, 7) is 0. The smallest absolute Gasteiger partial charge is 0.274 e. The second kappa shape index (κ2) is 8.70. The molecule has 1 aliphatic rings. The molecule has 170 valence electrons. The van der Waals surface area contributed by atoms with Crippen LogP contribution < -0.4 is 30.0 Å². The number of ether oxygens (including phenoxy) is 2. The number of phenolic OH excluding ortho intramolecular Hbond substituents is 2. The van der Waals surface area contributed by atoms with Gasteiger partial charge >= 0.3 is 0 Å². The van der Waals surface area contributed by atoms with Gasteiger partial charge in [-0.15, -0.1) is 11.3 Å². The van der Waals surface area contributed by atoms with Crippen LogP contribution in [0.25, 0.3) is 17.5 Å². The number of aromatic hydroxyl groups is 2. The van der Waals surface area contributed by atoms with Gasteiger partial charge in [-0.25, -0.2) is 0 Å². The molecule has 34 heavy (non-hydrogen) atoms. The number of allylic oxidation sites excluding steroid dienone is 1. The summed E-state index contributed by atoms with van der Waals surface area (Å²) in [6, 6.07) is 13.3. The Kier molecular flexibility index (Phi) is 5.76. The summed E-state index contributed by atoms with van der Waals surface area (Å²) in [7, 11) is 2.81. The van der Waals surface area contributed by atoms with Crippen LogP contribution in [0, 0.1) is 22.7 Å². The summed E-state index contributed by atoms with van der Waals surface area (Å²) in [6.07, 6.45) is 1.59. The van der Waals surface area contributed by atoms with Crippen LogP contribution in [0.1, 0.15) is 17.0 Å². The molecule has 0 aliphatic carbocycles. The molecule has 4 N–H and O–H groups in total. The molecule has 4 rings (SSSR count). The van der Waals surface area contributed by atoms with Crippen molar-refractivity contribution < 1.29 is 19.7 Å². The Balaban J connectivity index is 2.02. The lowest BCUT2D eigenvalue weighted by Gasteiger charge is -2.22. The third-order valence-corrected chi connectivity index (χ3v) is 6.54. The minimum absolute atomic E-state index is 0.0366. The van der Waals surface area contributed by atoms with Gasteiger partial charge in [-0.1, -0.05) is 12.1 Å². The van der Waals surface area contributed by atoms with E-state index in [1.807, 2.05) is 6.07 Å². The number of phenols is 2. The van der Waals surface area contributed by atoms with E-state index in [4.69, 9.17) is 15.2 Å². The van der Waals surface area contributed by atoms with Crippen molar-refractivity contribution in [3.8, 4) is 35.1 Å². The molecule has 10 heteroatoms. The van der Waals surface area contributed by atoms with Crippen molar-refractivity contribution in [2.24, 2.45) is 5.73 Å². The van der Waals surface area contributed by atoms with Crippen molar-refractivity contribution in [3.63, 3.8) is 0 Å². The number of aromatic nitrogens is 1. The second-order valence-corrected chi connectivity index (χ2v) is 8.32. The van der Waals surface area contributed by atoms with Crippen LogP contribution in [-0.4, -0.2) is 29.0 Å². The number of nitrogens with two attached hydrogens (primary N) is 1. The number of thiazole rings is 1. The Morgan fingerprint density at radius 2 is 1.65 bits per heavy atom. The molecule has 0 bridgehead atoms. The fourth-order valence-corrected chi connectivity index (χ4v) is 4.92. The molecule has 0 fully saturated rings. The monoisotopic (exact) mass is 474 g/mol. The normalized spacial score (nSPS) is 15.5. The number of methoxy groups -OCH3 is 2. The lowest BCUT2D eigenvalue weighted by Crippen LogP contribution is -2.38. The second-order valence-electron chi connectivity index (χ2n) is 7.29. The van der Waals surface area contributed by atoms with Crippen molar-refractivity contribution in [2.75, 3.05) is 14.2 Å². The Morgan fingerprint density at radius 3 is 2.26 bits per heavy atom. The maximum atomic E-state index is 13.2. The topological polar surface area (TPSA) is 155 Å². The van der Waals surface area contributed by atoms with E-state index in [-0.39, 0.29) is 44.5 Å². The SMILES string of the molecule is COc1cc(/C=c2\sc3n(c2=O)C(N)=C(C#N)C(c2ccc(O)c(OC)c2)C=3C#N)ccc1O. The van der Waals surface area contributed by atoms with Gasteiger partial charge in [0, 0.05) is 0 Å². The summed E-state index contributed by atoms with van der Waals surface area (Å²) in [5, 5.41) is 39.7. The quantitative estimate of drug-likeness (QED) is 0.511. The molecule has 0 saturated carbocycles. The number of benzene rings is 2. The lowest BCUT2D eigenvalue weighted by atomic mass is 9.84. The highest BCUT2D eigenvalue weighted by Gasteiger charge is 2.32.